The standard InChI is InChI=1S/C6H8N2O/c1-8-3-2-6(9)5(7)4-8/h2-4H,7H2,1H3. The minimum atomic E-state index is -0.117. The quantitative estimate of drug-likeness (QED) is 0.528. The van der Waals surface area contributed by atoms with E-state index < -0.39 is 0 Å². The van der Waals surface area contributed by atoms with E-state index in [1.807, 2.05) is 7.05 Å². The van der Waals surface area contributed by atoms with Gasteiger partial charge in [0.1, 0.15) is 0 Å². The van der Waals surface area contributed by atoms with E-state index in [-0.39, 0.29) is 5.43 Å². The molecule has 3 heteroatoms. The highest BCUT2D eigenvalue weighted by atomic mass is 16.1. The van der Waals surface area contributed by atoms with E-state index in [0.717, 1.165) is 0 Å². The summed E-state index contributed by atoms with van der Waals surface area (Å²) in [4.78, 5) is 10.6. The smallest absolute Gasteiger partial charge is 0.204 e. The fourth-order valence-electron chi connectivity index (χ4n) is 0.608. The zero-order chi connectivity index (χ0) is 6.85. The van der Waals surface area contributed by atoms with Gasteiger partial charge in [-0.25, -0.2) is 0 Å². The number of nitrogens with zero attached hydrogens (tertiary/aromatic N) is 1. The van der Waals surface area contributed by atoms with Crippen molar-refractivity contribution < 1.29 is 0 Å². The molecule has 48 valence electrons. The molecule has 9 heavy (non-hydrogen) atoms. The van der Waals surface area contributed by atoms with Gasteiger partial charge >= 0.3 is 0 Å². The Bertz CT molecular complexity index is 264. The molecule has 0 atom stereocenters. The summed E-state index contributed by atoms with van der Waals surface area (Å²) in [5.41, 5.74) is 5.46. The topological polar surface area (TPSA) is 48.0 Å². The first-order chi connectivity index (χ1) is 4.20. The van der Waals surface area contributed by atoms with Crippen LogP contribution in [0.1, 0.15) is 0 Å². The maximum absolute atomic E-state index is 10.6. The SMILES string of the molecule is Cn1ccc(=O)c(N)c1. The lowest BCUT2D eigenvalue weighted by Gasteiger charge is -1.95. The lowest BCUT2D eigenvalue weighted by Crippen LogP contribution is -2.08. The molecule has 3 nitrogen and oxygen atoms in total. The molecule has 1 heterocycles. The fraction of sp³-hybridized carbons (Fsp3) is 0.167. The van der Waals surface area contributed by atoms with Gasteiger partial charge in [0.2, 0.25) is 5.43 Å². The van der Waals surface area contributed by atoms with Crippen molar-refractivity contribution in [2.24, 2.45) is 7.05 Å². The van der Waals surface area contributed by atoms with Crippen LogP contribution in [0, 0.1) is 0 Å². The number of nitrogen functional groups attached to an aromatic ring is 1. The van der Waals surface area contributed by atoms with Crippen LogP contribution in [0.2, 0.25) is 0 Å². The second-order valence-electron chi connectivity index (χ2n) is 1.93. The van der Waals surface area contributed by atoms with Crippen molar-refractivity contribution >= 4 is 5.69 Å². The molecule has 1 rings (SSSR count). The van der Waals surface area contributed by atoms with Crippen molar-refractivity contribution in [3.05, 3.63) is 28.7 Å². The third kappa shape index (κ3) is 1.10. The Kier molecular flexibility index (Phi) is 1.26. The van der Waals surface area contributed by atoms with Crippen LogP contribution in [0.15, 0.2) is 23.3 Å². The highest BCUT2D eigenvalue weighted by molar-refractivity contribution is 5.33. The average Bonchev–Trinajstić information content (AvgIpc) is 1.80. The molecule has 0 amide bonds. The summed E-state index contributed by atoms with van der Waals surface area (Å²) in [6, 6.07) is 1.44. The minimum absolute atomic E-state index is 0.117. The van der Waals surface area contributed by atoms with Crippen LogP contribution >= 0.6 is 0 Å². The van der Waals surface area contributed by atoms with Crippen molar-refractivity contribution in [3.63, 3.8) is 0 Å². The van der Waals surface area contributed by atoms with Crippen molar-refractivity contribution in [2.75, 3.05) is 5.73 Å². The molecule has 0 spiro atoms. The molecule has 0 aliphatic carbocycles. The van der Waals surface area contributed by atoms with E-state index in [1.165, 1.54) is 6.07 Å². The molecular formula is C6H8N2O. The van der Waals surface area contributed by atoms with Crippen LogP contribution in [-0.2, 0) is 7.05 Å². The maximum Gasteiger partial charge on any atom is 0.204 e. The first-order valence-corrected chi connectivity index (χ1v) is 2.62. The van der Waals surface area contributed by atoms with Crippen molar-refractivity contribution in [2.45, 2.75) is 0 Å². The van der Waals surface area contributed by atoms with Gasteiger partial charge in [-0.1, -0.05) is 0 Å². The van der Waals surface area contributed by atoms with Crippen LogP contribution in [0.25, 0.3) is 0 Å². The second kappa shape index (κ2) is 1.93. The van der Waals surface area contributed by atoms with Gasteiger partial charge in [0.05, 0.1) is 5.69 Å². The lowest BCUT2D eigenvalue weighted by atomic mass is 10.4. The Labute approximate surface area is 52.7 Å². The summed E-state index contributed by atoms with van der Waals surface area (Å²) < 4.78 is 1.73. The van der Waals surface area contributed by atoms with Crippen LogP contribution in [0.4, 0.5) is 5.69 Å². The van der Waals surface area contributed by atoms with Crippen LogP contribution < -0.4 is 11.2 Å². The van der Waals surface area contributed by atoms with Gasteiger partial charge in [-0.2, -0.15) is 0 Å². The molecule has 0 unspecified atom stereocenters. The summed E-state index contributed by atoms with van der Waals surface area (Å²) in [6.45, 7) is 0. The number of aromatic nitrogens is 1. The van der Waals surface area contributed by atoms with Crippen molar-refractivity contribution in [1.29, 1.82) is 0 Å². The normalized spacial score (nSPS) is 9.44. The van der Waals surface area contributed by atoms with Gasteiger partial charge in [-0.3, -0.25) is 4.79 Å². The Morgan fingerprint density at radius 1 is 1.67 bits per heavy atom. The predicted octanol–water partition coefficient (Wildman–Crippen LogP) is -0.0325. The maximum atomic E-state index is 10.6. The molecule has 0 aromatic carbocycles. The van der Waals surface area contributed by atoms with Gasteiger partial charge in [0.15, 0.2) is 0 Å². The molecule has 0 radical (unpaired) electrons. The highest BCUT2D eigenvalue weighted by Gasteiger charge is 1.88. The summed E-state index contributed by atoms with van der Waals surface area (Å²) in [5, 5.41) is 0. The van der Waals surface area contributed by atoms with E-state index in [1.54, 1.807) is 17.0 Å². The van der Waals surface area contributed by atoms with Crippen LogP contribution in [0.5, 0.6) is 0 Å². The monoisotopic (exact) mass is 124 g/mol. The number of anilines is 1. The Hall–Kier alpha value is -1.25. The number of hydrogen-bond acceptors (Lipinski definition) is 2. The first kappa shape index (κ1) is 5.88. The van der Waals surface area contributed by atoms with Crippen molar-refractivity contribution in [1.82, 2.24) is 4.57 Å². The highest BCUT2D eigenvalue weighted by Crippen LogP contribution is 1.87. The van der Waals surface area contributed by atoms with Gasteiger partial charge in [-0.05, 0) is 0 Å². The molecule has 1 aromatic heterocycles. The van der Waals surface area contributed by atoms with E-state index in [0.29, 0.717) is 5.69 Å². The fourth-order valence-corrected chi connectivity index (χ4v) is 0.608. The van der Waals surface area contributed by atoms with Gasteiger partial charge in [0, 0.05) is 25.5 Å². The summed E-state index contributed by atoms with van der Waals surface area (Å²) in [5.74, 6) is 0. The Morgan fingerprint density at radius 2 is 2.33 bits per heavy atom. The summed E-state index contributed by atoms with van der Waals surface area (Å²) in [7, 11) is 1.82. The van der Waals surface area contributed by atoms with Gasteiger partial charge < -0.3 is 10.3 Å². The van der Waals surface area contributed by atoms with Gasteiger partial charge in [0.25, 0.3) is 0 Å². The molecule has 0 aliphatic heterocycles. The summed E-state index contributed by atoms with van der Waals surface area (Å²) >= 11 is 0. The predicted molar refractivity (Wildman–Crippen MR) is 36.1 cm³/mol. The third-order valence-corrected chi connectivity index (χ3v) is 1.09. The van der Waals surface area contributed by atoms with Crippen LogP contribution in [0.3, 0.4) is 0 Å². The van der Waals surface area contributed by atoms with E-state index >= 15 is 0 Å². The zero-order valence-electron chi connectivity index (χ0n) is 5.16. The molecule has 0 saturated heterocycles. The molecule has 0 fully saturated rings. The van der Waals surface area contributed by atoms with E-state index in [4.69, 9.17) is 5.73 Å². The molecule has 0 saturated carbocycles. The molecule has 0 bridgehead atoms. The molecule has 0 aliphatic rings. The summed E-state index contributed by atoms with van der Waals surface area (Å²) in [6.07, 6.45) is 3.25. The first-order valence-electron chi connectivity index (χ1n) is 2.62. The second-order valence-corrected chi connectivity index (χ2v) is 1.93. The molecule has 2 N–H and O–H groups in total. The van der Waals surface area contributed by atoms with E-state index in [9.17, 15) is 4.79 Å². The number of aryl methyl sites for hydroxylation is 1. The largest absolute Gasteiger partial charge is 0.394 e. The van der Waals surface area contributed by atoms with Crippen LogP contribution in [-0.4, -0.2) is 4.57 Å². The Morgan fingerprint density at radius 3 is 2.78 bits per heavy atom. The van der Waals surface area contributed by atoms with Crippen molar-refractivity contribution in [3.8, 4) is 0 Å². The van der Waals surface area contributed by atoms with Gasteiger partial charge in [-0.15, -0.1) is 0 Å². The third-order valence-electron chi connectivity index (χ3n) is 1.09. The minimum Gasteiger partial charge on any atom is -0.394 e. The number of pyridine rings is 1. The molecule has 1 aromatic rings. The number of nitrogens with two attached hydrogens (primary N) is 1. The van der Waals surface area contributed by atoms with E-state index in [2.05, 4.69) is 0 Å². The number of rotatable bonds is 0. The average molecular weight is 124 g/mol. The lowest BCUT2D eigenvalue weighted by molar-refractivity contribution is 0.903. The zero-order valence-corrected chi connectivity index (χ0v) is 5.16. The molecular weight excluding hydrogens is 116 g/mol. The Balaban J connectivity index is 3.34. The number of hydrogen-bond donors (Lipinski definition) is 1.